The van der Waals surface area contributed by atoms with Gasteiger partial charge in [-0.15, -0.1) is 0 Å². The molecule has 0 unspecified atom stereocenters. The van der Waals surface area contributed by atoms with E-state index >= 15 is 0 Å². The highest BCUT2D eigenvalue weighted by molar-refractivity contribution is 5.84. The largest absolute Gasteiger partial charge is 0.490 e. The van der Waals surface area contributed by atoms with Crippen molar-refractivity contribution >= 4 is 23.6 Å². The number of halogens is 3. The first kappa shape index (κ1) is 23.7. The monoisotopic (exact) mass is 431 g/mol. The Hall–Kier alpha value is -2.59. The minimum Gasteiger partial charge on any atom is -0.475 e. The lowest BCUT2D eigenvalue weighted by atomic mass is 9.75. The number of nitrogens with two attached hydrogens (primary N) is 1. The molecular formula is C19H28F3N5O3. The van der Waals surface area contributed by atoms with Crippen molar-refractivity contribution in [1.82, 2.24) is 9.97 Å². The van der Waals surface area contributed by atoms with Crippen LogP contribution in [0.25, 0.3) is 0 Å². The summed E-state index contributed by atoms with van der Waals surface area (Å²) in [6.07, 6.45) is 1.11. The molecule has 2 aliphatic carbocycles. The van der Waals surface area contributed by atoms with Crippen LogP contribution >= 0.6 is 0 Å². The van der Waals surface area contributed by atoms with Crippen molar-refractivity contribution in [2.45, 2.75) is 57.7 Å². The normalized spacial score (nSPS) is 22.3. The molecule has 8 nitrogen and oxygen atoms in total. The fraction of sp³-hybridized carbons (Fsp3) is 0.684. The van der Waals surface area contributed by atoms with E-state index in [1.807, 2.05) is 32.0 Å². The number of hydrogen-bond acceptors (Lipinski definition) is 6. The molecule has 11 heteroatoms. The molecule has 0 atom stereocenters. The van der Waals surface area contributed by atoms with Gasteiger partial charge < -0.3 is 21.1 Å². The van der Waals surface area contributed by atoms with Crippen LogP contribution in [0.1, 0.15) is 44.2 Å². The number of hydrogen-bond donors (Lipinski definition) is 3. The number of carbonyl (C=O) groups excluding carboxylic acids is 1. The molecule has 1 heterocycles. The summed E-state index contributed by atoms with van der Waals surface area (Å²) in [7, 11) is 3.96. The summed E-state index contributed by atoms with van der Waals surface area (Å²) in [4.78, 5) is 31.6. The van der Waals surface area contributed by atoms with Crippen LogP contribution in [0.2, 0.25) is 0 Å². The first-order valence-electron chi connectivity index (χ1n) is 9.74. The van der Waals surface area contributed by atoms with Crippen molar-refractivity contribution in [3.05, 3.63) is 11.8 Å². The van der Waals surface area contributed by atoms with Crippen LogP contribution in [0.15, 0.2) is 6.07 Å². The molecule has 0 aliphatic heterocycles. The van der Waals surface area contributed by atoms with Gasteiger partial charge in [-0.3, -0.25) is 4.79 Å². The number of carbonyl (C=O) groups is 2. The predicted octanol–water partition coefficient (Wildman–Crippen LogP) is 2.72. The van der Waals surface area contributed by atoms with Crippen LogP contribution in [0.5, 0.6) is 0 Å². The van der Waals surface area contributed by atoms with Crippen LogP contribution in [0, 0.1) is 18.3 Å². The zero-order chi connectivity index (χ0) is 22.7. The molecule has 4 N–H and O–H groups in total. The highest BCUT2D eigenvalue weighted by Crippen LogP contribution is 2.56. The van der Waals surface area contributed by atoms with Crippen molar-refractivity contribution in [3.63, 3.8) is 0 Å². The molecule has 2 fully saturated rings. The molecule has 1 amide bonds. The van der Waals surface area contributed by atoms with Gasteiger partial charge in [0, 0.05) is 31.9 Å². The zero-order valence-corrected chi connectivity index (χ0v) is 17.3. The van der Waals surface area contributed by atoms with Gasteiger partial charge in [0.05, 0.1) is 5.41 Å². The maximum absolute atomic E-state index is 11.7. The molecular weight excluding hydrogens is 403 g/mol. The number of primary amides is 1. The number of alkyl halides is 3. The number of carboxylic acids is 1. The van der Waals surface area contributed by atoms with Crippen molar-refractivity contribution in [1.29, 1.82) is 0 Å². The van der Waals surface area contributed by atoms with E-state index in [9.17, 15) is 18.0 Å². The molecule has 2 aliphatic rings. The van der Waals surface area contributed by atoms with Crippen LogP contribution in [0.4, 0.5) is 24.9 Å². The topological polar surface area (TPSA) is 121 Å². The van der Waals surface area contributed by atoms with Gasteiger partial charge in [0.25, 0.3) is 0 Å². The third-order valence-electron chi connectivity index (χ3n) is 5.66. The van der Waals surface area contributed by atoms with Gasteiger partial charge in [-0.05, 0) is 51.4 Å². The summed E-state index contributed by atoms with van der Waals surface area (Å²) in [6, 6.07) is 2.36. The van der Waals surface area contributed by atoms with E-state index in [2.05, 4.69) is 15.3 Å². The Morgan fingerprint density at radius 3 is 2.13 bits per heavy atom. The van der Waals surface area contributed by atoms with Crippen molar-refractivity contribution in [3.8, 4) is 0 Å². The minimum absolute atomic E-state index is 0.0912. The van der Waals surface area contributed by atoms with Crippen LogP contribution in [-0.4, -0.2) is 53.3 Å². The summed E-state index contributed by atoms with van der Waals surface area (Å²) < 4.78 is 31.7. The Bertz CT molecular complexity index is 773. The quantitative estimate of drug-likeness (QED) is 0.655. The number of nitrogens with one attached hydrogen (secondary N) is 1. The maximum Gasteiger partial charge on any atom is 0.490 e. The van der Waals surface area contributed by atoms with Gasteiger partial charge in [-0.1, -0.05) is 0 Å². The Balaban J connectivity index is 0.000000396. The summed E-state index contributed by atoms with van der Waals surface area (Å²) in [5.41, 5.74) is 6.39. The molecule has 0 radical (unpaired) electrons. The van der Waals surface area contributed by atoms with E-state index in [0.717, 1.165) is 50.0 Å². The van der Waals surface area contributed by atoms with Crippen LogP contribution in [-0.2, 0) is 9.59 Å². The fourth-order valence-electron chi connectivity index (χ4n) is 3.81. The molecule has 0 spiro atoms. The lowest BCUT2D eigenvalue weighted by molar-refractivity contribution is -0.192. The molecule has 1 aromatic rings. The molecule has 3 rings (SSSR count). The molecule has 30 heavy (non-hydrogen) atoms. The number of aliphatic carboxylic acids is 1. The lowest BCUT2D eigenvalue weighted by Crippen LogP contribution is -2.36. The van der Waals surface area contributed by atoms with Crippen LogP contribution in [0.3, 0.4) is 0 Å². The van der Waals surface area contributed by atoms with E-state index in [1.54, 1.807) is 0 Å². The second-order valence-corrected chi connectivity index (χ2v) is 8.10. The SMILES string of the molecule is Cc1cc(N(C)C)nc(NC2CCC(C3(C(N)=O)CC3)CC2)n1.O=C(O)C(F)(F)F. The predicted molar refractivity (Wildman–Crippen MR) is 105 cm³/mol. The third kappa shape index (κ3) is 5.96. The second-order valence-electron chi connectivity index (χ2n) is 8.10. The average Bonchev–Trinajstić information content (AvgIpc) is 3.43. The van der Waals surface area contributed by atoms with E-state index < -0.39 is 12.1 Å². The van der Waals surface area contributed by atoms with E-state index in [1.165, 1.54) is 0 Å². The van der Waals surface area contributed by atoms with E-state index in [-0.39, 0.29) is 11.3 Å². The first-order chi connectivity index (χ1) is 13.8. The number of amides is 1. The van der Waals surface area contributed by atoms with Crippen molar-refractivity contribution in [2.24, 2.45) is 17.1 Å². The summed E-state index contributed by atoms with van der Waals surface area (Å²) in [5, 5.41) is 10.6. The fourth-order valence-corrected chi connectivity index (χ4v) is 3.81. The van der Waals surface area contributed by atoms with Gasteiger partial charge in [0.2, 0.25) is 11.9 Å². The van der Waals surface area contributed by atoms with Crippen molar-refractivity contribution in [2.75, 3.05) is 24.3 Å². The van der Waals surface area contributed by atoms with Crippen LogP contribution < -0.4 is 16.0 Å². The van der Waals surface area contributed by atoms with E-state index in [0.29, 0.717) is 17.9 Å². The Morgan fingerprint density at radius 1 is 1.20 bits per heavy atom. The lowest BCUT2D eigenvalue weighted by Gasteiger charge is -2.33. The standard InChI is InChI=1S/C17H27N5O.C2HF3O2/c1-11-10-14(22(2)3)21-16(19-11)20-13-6-4-12(5-7-13)17(8-9-17)15(18)23;3-2(4,5)1(6)7/h10,12-13H,4-9H2,1-3H3,(H2,18,23)(H,19,20,21);(H,6,7). The summed E-state index contributed by atoms with van der Waals surface area (Å²) >= 11 is 0. The Labute approximate surface area is 173 Å². The number of aryl methyl sites for hydroxylation is 1. The summed E-state index contributed by atoms with van der Waals surface area (Å²) in [6.45, 7) is 1.99. The second kappa shape index (κ2) is 9.05. The van der Waals surface area contributed by atoms with Crippen molar-refractivity contribution < 1.29 is 27.9 Å². The zero-order valence-electron chi connectivity index (χ0n) is 17.3. The highest BCUT2D eigenvalue weighted by Gasteiger charge is 2.54. The molecule has 1 aromatic heterocycles. The van der Waals surface area contributed by atoms with Gasteiger partial charge in [-0.2, -0.15) is 18.2 Å². The third-order valence-corrected chi connectivity index (χ3v) is 5.66. The highest BCUT2D eigenvalue weighted by atomic mass is 19.4. The molecule has 2 saturated carbocycles. The minimum atomic E-state index is -5.08. The first-order valence-corrected chi connectivity index (χ1v) is 9.74. The summed E-state index contributed by atoms with van der Waals surface area (Å²) in [5.74, 6) is -0.764. The average molecular weight is 431 g/mol. The molecule has 0 bridgehead atoms. The maximum atomic E-state index is 11.7. The van der Waals surface area contributed by atoms with E-state index in [4.69, 9.17) is 15.6 Å². The van der Waals surface area contributed by atoms with Gasteiger partial charge in [0.15, 0.2) is 0 Å². The molecule has 168 valence electrons. The molecule has 0 aromatic carbocycles. The Kier molecular flexibility index (Phi) is 7.14. The number of carboxylic acid groups (broad SMARTS) is 1. The smallest absolute Gasteiger partial charge is 0.475 e. The Morgan fingerprint density at radius 2 is 1.73 bits per heavy atom. The number of aromatic nitrogens is 2. The van der Waals surface area contributed by atoms with Gasteiger partial charge in [0.1, 0.15) is 5.82 Å². The van der Waals surface area contributed by atoms with Gasteiger partial charge >= 0.3 is 12.1 Å². The number of anilines is 2. The number of rotatable bonds is 5. The molecule has 0 saturated heterocycles. The van der Waals surface area contributed by atoms with Gasteiger partial charge in [-0.25, -0.2) is 9.78 Å². The number of nitrogens with zero attached hydrogens (tertiary/aromatic N) is 3.